The molecule has 0 saturated heterocycles. The van der Waals surface area contributed by atoms with Gasteiger partial charge < -0.3 is 10.4 Å². The lowest BCUT2D eigenvalue weighted by atomic mass is 10.1. The molecule has 8 heteroatoms. The van der Waals surface area contributed by atoms with Gasteiger partial charge in [-0.1, -0.05) is 18.2 Å². The first kappa shape index (κ1) is 20.3. The quantitative estimate of drug-likeness (QED) is 0.545. The third kappa shape index (κ3) is 4.72. The third-order valence-electron chi connectivity index (χ3n) is 4.23. The van der Waals surface area contributed by atoms with Crippen molar-refractivity contribution in [3.8, 4) is 5.75 Å². The summed E-state index contributed by atoms with van der Waals surface area (Å²) >= 11 is 0. The molecule has 0 radical (unpaired) electrons. The topological polar surface area (TPSA) is 95.5 Å². The zero-order valence-corrected chi connectivity index (χ0v) is 16.5. The smallest absolute Gasteiger partial charge is 0.261 e. The van der Waals surface area contributed by atoms with E-state index in [9.17, 15) is 22.7 Å². The fourth-order valence-electron chi connectivity index (χ4n) is 2.62. The van der Waals surface area contributed by atoms with Crippen molar-refractivity contribution < 1.29 is 22.7 Å². The van der Waals surface area contributed by atoms with E-state index in [1.807, 2.05) is 0 Å². The number of phenols is 1. The van der Waals surface area contributed by atoms with E-state index in [1.165, 1.54) is 49.4 Å². The van der Waals surface area contributed by atoms with E-state index in [4.69, 9.17) is 0 Å². The van der Waals surface area contributed by atoms with Gasteiger partial charge in [0.25, 0.3) is 15.9 Å². The van der Waals surface area contributed by atoms with Gasteiger partial charge in [-0.3, -0.25) is 9.52 Å². The van der Waals surface area contributed by atoms with Gasteiger partial charge in [-0.25, -0.2) is 12.8 Å². The maximum atomic E-state index is 13.7. The molecule has 3 N–H and O–H groups in total. The average Bonchev–Trinajstić information content (AvgIpc) is 2.66. The Hall–Kier alpha value is -3.39. The first-order valence-electron chi connectivity index (χ1n) is 8.66. The minimum absolute atomic E-state index is 0.0726. The van der Waals surface area contributed by atoms with Crippen molar-refractivity contribution in [2.24, 2.45) is 0 Å². The SMILES string of the molecule is Cc1ccc(NC(=O)c2cccc(NS(=O)(=O)c3ccc(C)c(F)c3)c2)c(O)c1. The van der Waals surface area contributed by atoms with E-state index in [0.29, 0.717) is 5.56 Å². The molecule has 0 aliphatic carbocycles. The number of carbonyl (C=O) groups excluding carboxylic acids is 1. The zero-order valence-electron chi connectivity index (χ0n) is 15.7. The highest BCUT2D eigenvalue weighted by Crippen LogP contribution is 2.25. The van der Waals surface area contributed by atoms with Gasteiger partial charge >= 0.3 is 0 Å². The van der Waals surface area contributed by atoms with E-state index in [-0.39, 0.29) is 27.6 Å². The van der Waals surface area contributed by atoms with Gasteiger partial charge in [0.05, 0.1) is 10.6 Å². The van der Waals surface area contributed by atoms with Crippen LogP contribution in [0.5, 0.6) is 5.75 Å². The number of hydrogen-bond acceptors (Lipinski definition) is 4. The first-order chi connectivity index (χ1) is 13.7. The number of amides is 1. The fraction of sp³-hybridized carbons (Fsp3) is 0.0952. The van der Waals surface area contributed by atoms with Gasteiger partial charge in [0, 0.05) is 11.3 Å². The predicted octanol–water partition coefficient (Wildman–Crippen LogP) is 4.20. The number of halogens is 1. The Balaban J connectivity index is 1.81. The van der Waals surface area contributed by atoms with Crippen LogP contribution in [0.4, 0.5) is 15.8 Å². The fourth-order valence-corrected chi connectivity index (χ4v) is 3.68. The minimum Gasteiger partial charge on any atom is -0.506 e. The van der Waals surface area contributed by atoms with Crippen LogP contribution in [0.2, 0.25) is 0 Å². The maximum absolute atomic E-state index is 13.7. The Labute approximate surface area is 168 Å². The highest BCUT2D eigenvalue weighted by Gasteiger charge is 2.17. The number of sulfonamides is 1. The van der Waals surface area contributed by atoms with Crippen molar-refractivity contribution >= 4 is 27.3 Å². The summed E-state index contributed by atoms with van der Waals surface area (Å²) in [6, 6.07) is 14.3. The van der Waals surface area contributed by atoms with Crippen LogP contribution in [0.15, 0.2) is 65.6 Å². The summed E-state index contributed by atoms with van der Waals surface area (Å²) < 4.78 is 41.1. The van der Waals surface area contributed by atoms with Gasteiger partial charge in [-0.15, -0.1) is 0 Å². The molecule has 3 rings (SSSR count). The lowest BCUT2D eigenvalue weighted by Gasteiger charge is -2.11. The normalized spacial score (nSPS) is 11.1. The summed E-state index contributed by atoms with van der Waals surface area (Å²) in [4.78, 5) is 12.2. The molecule has 0 bridgehead atoms. The summed E-state index contributed by atoms with van der Waals surface area (Å²) in [5, 5.41) is 12.5. The van der Waals surface area contributed by atoms with Crippen LogP contribution in [0, 0.1) is 19.7 Å². The van der Waals surface area contributed by atoms with E-state index < -0.39 is 21.7 Å². The lowest BCUT2D eigenvalue weighted by Crippen LogP contribution is -2.15. The molecule has 3 aromatic carbocycles. The van der Waals surface area contributed by atoms with Crippen LogP contribution < -0.4 is 10.0 Å². The first-order valence-corrected chi connectivity index (χ1v) is 10.1. The minimum atomic E-state index is -4.03. The van der Waals surface area contributed by atoms with Crippen LogP contribution >= 0.6 is 0 Å². The third-order valence-corrected chi connectivity index (χ3v) is 5.61. The monoisotopic (exact) mass is 414 g/mol. The Morgan fingerprint density at radius 1 is 1.00 bits per heavy atom. The Morgan fingerprint density at radius 2 is 1.76 bits per heavy atom. The number of nitrogens with one attached hydrogen (secondary N) is 2. The lowest BCUT2D eigenvalue weighted by molar-refractivity contribution is 0.102. The second-order valence-corrected chi connectivity index (χ2v) is 8.25. The number of aromatic hydroxyl groups is 1. The summed E-state index contributed by atoms with van der Waals surface area (Å²) in [6.45, 7) is 3.34. The number of carbonyl (C=O) groups is 1. The Morgan fingerprint density at radius 3 is 2.45 bits per heavy atom. The number of phenolic OH excluding ortho intramolecular Hbond substituents is 1. The second-order valence-electron chi connectivity index (χ2n) is 6.57. The van der Waals surface area contributed by atoms with E-state index in [2.05, 4.69) is 10.0 Å². The van der Waals surface area contributed by atoms with E-state index in [0.717, 1.165) is 11.6 Å². The van der Waals surface area contributed by atoms with Crippen molar-refractivity contribution in [2.45, 2.75) is 18.7 Å². The maximum Gasteiger partial charge on any atom is 0.261 e. The number of anilines is 2. The Bertz CT molecular complexity index is 1190. The van der Waals surface area contributed by atoms with Crippen molar-refractivity contribution in [3.05, 3.63) is 83.2 Å². The molecule has 0 saturated carbocycles. The van der Waals surface area contributed by atoms with Crippen LogP contribution in [-0.4, -0.2) is 19.4 Å². The molecule has 0 aromatic heterocycles. The number of rotatable bonds is 5. The number of hydrogen-bond donors (Lipinski definition) is 3. The van der Waals surface area contributed by atoms with Crippen molar-refractivity contribution in [2.75, 3.05) is 10.0 Å². The molecule has 150 valence electrons. The van der Waals surface area contributed by atoms with E-state index >= 15 is 0 Å². The molecule has 0 heterocycles. The molecule has 0 aliphatic rings. The van der Waals surface area contributed by atoms with Crippen LogP contribution in [0.3, 0.4) is 0 Å². The van der Waals surface area contributed by atoms with Gasteiger partial charge in [-0.2, -0.15) is 0 Å². The van der Waals surface area contributed by atoms with E-state index in [1.54, 1.807) is 19.1 Å². The largest absolute Gasteiger partial charge is 0.506 e. The van der Waals surface area contributed by atoms with Crippen LogP contribution in [-0.2, 0) is 10.0 Å². The standard InChI is InChI=1S/C21H19FN2O4S/c1-13-6-9-19(20(25)10-13)23-21(26)15-4-3-5-16(11-15)24-29(27,28)17-8-7-14(2)18(22)12-17/h3-12,24-25H,1-2H3,(H,23,26). The average molecular weight is 414 g/mol. The van der Waals surface area contributed by atoms with Gasteiger partial charge in [0.2, 0.25) is 0 Å². The Kier molecular flexibility index (Phi) is 5.56. The van der Waals surface area contributed by atoms with Gasteiger partial charge in [0.1, 0.15) is 11.6 Å². The summed E-state index contributed by atoms with van der Waals surface area (Å²) in [6.07, 6.45) is 0. The zero-order chi connectivity index (χ0) is 21.2. The summed E-state index contributed by atoms with van der Waals surface area (Å²) in [7, 11) is -4.03. The molecule has 0 spiro atoms. The highest BCUT2D eigenvalue weighted by atomic mass is 32.2. The molecule has 6 nitrogen and oxygen atoms in total. The molecule has 1 amide bonds. The van der Waals surface area contributed by atoms with Gasteiger partial charge in [0.15, 0.2) is 0 Å². The molecule has 29 heavy (non-hydrogen) atoms. The molecule has 0 aliphatic heterocycles. The van der Waals surface area contributed by atoms with Crippen molar-refractivity contribution in [1.82, 2.24) is 0 Å². The van der Waals surface area contributed by atoms with Crippen molar-refractivity contribution in [3.63, 3.8) is 0 Å². The molecular formula is C21H19FN2O4S. The second kappa shape index (κ2) is 7.92. The molecule has 0 atom stereocenters. The number of aryl methyl sites for hydroxylation is 2. The molecular weight excluding hydrogens is 395 g/mol. The van der Waals surface area contributed by atoms with Gasteiger partial charge in [-0.05, 0) is 67.4 Å². The van der Waals surface area contributed by atoms with Crippen LogP contribution in [0.25, 0.3) is 0 Å². The van der Waals surface area contributed by atoms with Crippen LogP contribution in [0.1, 0.15) is 21.5 Å². The molecule has 0 unspecified atom stereocenters. The predicted molar refractivity (Wildman–Crippen MR) is 109 cm³/mol. The number of benzene rings is 3. The molecule has 3 aromatic rings. The summed E-state index contributed by atoms with van der Waals surface area (Å²) in [5.41, 5.74) is 1.74. The van der Waals surface area contributed by atoms with Crippen molar-refractivity contribution in [1.29, 1.82) is 0 Å². The highest BCUT2D eigenvalue weighted by molar-refractivity contribution is 7.92. The molecule has 0 fully saturated rings. The summed E-state index contributed by atoms with van der Waals surface area (Å²) in [5.74, 6) is -1.22.